The predicted octanol–water partition coefficient (Wildman–Crippen LogP) is 3.98. The van der Waals surface area contributed by atoms with Crippen LogP contribution in [0.1, 0.15) is 21.5 Å². The van der Waals surface area contributed by atoms with E-state index in [1.54, 1.807) is 30.1 Å². The Kier molecular flexibility index (Phi) is 5.07. The maximum Gasteiger partial charge on any atom is 0.251 e. The lowest BCUT2D eigenvalue weighted by Gasteiger charge is -2.08. The van der Waals surface area contributed by atoms with Gasteiger partial charge in [0.25, 0.3) is 5.91 Å². The molecule has 4 rings (SSSR count). The van der Waals surface area contributed by atoms with Crippen molar-refractivity contribution in [2.24, 2.45) is 0 Å². The number of thiophene rings is 1. The van der Waals surface area contributed by atoms with Gasteiger partial charge >= 0.3 is 0 Å². The molecule has 27 heavy (non-hydrogen) atoms. The Bertz CT molecular complexity index is 1010. The lowest BCUT2D eigenvalue weighted by molar-refractivity contribution is 0.0951. The summed E-state index contributed by atoms with van der Waals surface area (Å²) in [7, 11) is 0. The summed E-state index contributed by atoms with van der Waals surface area (Å²) in [6, 6.07) is 13.8. The van der Waals surface area contributed by atoms with Gasteiger partial charge in [-0.2, -0.15) is 0 Å². The molecule has 0 spiro atoms. The molecule has 1 N–H and O–H groups in total. The average Bonchev–Trinajstić information content (AvgIpc) is 3.41. The van der Waals surface area contributed by atoms with Crippen LogP contribution >= 0.6 is 11.3 Å². The van der Waals surface area contributed by atoms with Crippen molar-refractivity contribution in [3.05, 3.63) is 95.6 Å². The Morgan fingerprint density at radius 1 is 1.07 bits per heavy atom. The number of aromatic nitrogens is 3. The maximum absolute atomic E-state index is 12.4. The quantitative estimate of drug-likeness (QED) is 0.555. The first-order valence-electron chi connectivity index (χ1n) is 8.58. The zero-order valence-electron chi connectivity index (χ0n) is 14.6. The van der Waals surface area contributed by atoms with Gasteiger partial charge in [0.05, 0.1) is 6.33 Å². The molecule has 0 fully saturated rings. The molecule has 0 aliphatic rings. The monoisotopic (exact) mass is 374 g/mol. The third kappa shape index (κ3) is 4.30. The van der Waals surface area contributed by atoms with E-state index in [0.29, 0.717) is 12.1 Å². The third-order valence-electron chi connectivity index (χ3n) is 4.19. The molecule has 1 aromatic carbocycles. The van der Waals surface area contributed by atoms with Gasteiger partial charge in [0.1, 0.15) is 0 Å². The molecule has 6 heteroatoms. The highest BCUT2D eigenvalue weighted by atomic mass is 32.1. The summed E-state index contributed by atoms with van der Waals surface area (Å²) in [5, 5.41) is 5.00. The van der Waals surface area contributed by atoms with Gasteiger partial charge in [-0.05, 0) is 40.8 Å². The molecule has 0 saturated carbocycles. The molecule has 0 aliphatic heterocycles. The van der Waals surface area contributed by atoms with E-state index in [-0.39, 0.29) is 5.91 Å². The molecule has 0 saturated heterocycles. The van der Waals surface area contributed by atoms with Crippen molar-refractivity contribution in [2.75, 3.05) is 0 Å². The summed E-state index contributed by atoms with van der Waals surface area (Å²) in [6.45, 7) is 1.19. The Morgan fingerprint density at radius 2 is 1.96 bits per heavy atom. The minimum Gasteiger partial charge on any atom is -0.348 e. The lowest BCUT2D eigenvalue weighted by atomic mass is 10.1. The Balaban J connectivity index is 1.37. The Hall–Kier alpha value is -3.25. The van der Waals surface area contributed by atoms with Crippen LogP contribution in [0.5, 0.6) is 0 Å². The van der Waals surface area contributed by atoms with E-state index in [9.17, 15) is 4.79 Å². The number of carbonyl (C=O) groups is 1. The third-order valence-corrected chi connectivity index (χ3v) is 5.11. The van der Waals surface area contributed by atoms with Crippen LogP contribution < -0.4 is 5.32 Å². The summed E-state index contributed by atoms with van der Waals surface area (Å²) < 4.78 is 1.99. The molecule has 134 valence electrons. The minimum atomic E-state index is -0.0919. The van der Waals surface area contributed by atoms with Crippen LogP contribution in [-0.4, -0.2) is 20.4 Å². The van der Waals surface area contributed by atoms with Gasteiger partial charge in [-0.3, -0.25) is 9.78 Å². The van der Waals surface area contributed by atoms with E-state index in [0.717, 1.165) is 23.2 Å². The number of pyridine rings is 1. The van der Waals surface area contributed by atoms with Gasteiger partial charge in [-0.25, -0.2) is 4.98 Å². The molecule has 0 bridgehead atoms. The molecule has 0 radical (unpaired) electrons. The fraction of sp³-hybridized carbons (Fsp3) is 0.0952. The largest absolute Gasteiger partial charge is 0.348 e. The summed E-state index contributed by atoms with van der Waals surface area (Å²) in [6.07, 6.45) is 9.07. The maximum atomic E-state index is 12.4. The van der Waals surface area contributed by atoms with E-state index in [2.05, 4.69) is 27.4 Å². The normalized spacial score (nSPS) is 10.7. The SMILES string of the molecule is O=C(NCc1cncc(-c2cccs2)c1)c1ccc(Cn2ccnc2)cc1. The van der Waals surface area contributed by atoms with E-state index >= 15 is 0 Å². The second-order valence-electron chi connectivity index (χ2n) is 6.17. The molecular weight excluding hydrogens is 356 g/mol. The average molecular weight is 374 g/mol. The molecule has 0 aliphatic carbocycles. The zero-order chi connectivity index (χ0) is 18.5. The van der Waals surface area contributed by atoms with Gasteiger partial charge < -0.3 is 9.88 Å². The van der Waals surface area contributed by atoms with E-state index in [1.165, 1.54) is 4.88 Å². The van der Waals surface area contributed by atoms with Gasteiger partial charge in [0.15, 0.2) is 0 Å². The van der Waals surface area contributed by atoms with Crippen molar-refractivity contribution in [1.82, 2.24) is 19.9 Å². The van der Waals surface area contributed by atoms with Crippen LogP contribution in [-0.2, 0) is 13.1 Å². The van der Waals surface area contributed by atoms with Crippen molar-refractivity contribution < 1.29 is 4.79 Å². The number of nitrogens with one attached hydrogen (secondary N) is 1. The Morgan fingerprint density at radius 3 is 2.70 bits per heavy atom. The number of benzene rings is 1. The highest BCUT2D eigenvalue weighted by Crippen LogP contribution is 2.24. The standard InChI is InChI=1S/C21H18N4OS/c26-21(18-5-3-16(4-6-18)14-25-8-7-22-15-25)24-12-17-10-19(13-23-11-17)20-2-1-9-27-20/h1-11,13,15H,12,14H2,(H,24,26). The smallest absolute Gasteiger partial charge is 0.251 e. The molecule has 5 nitrogen and oxygen atoms in total. The van der Waals surface area contributed by atoms with Crippen LogP contribution in [0.2, 0.25) is 0 Å². The fourth-order valence-corrected chi connectivity index (χ4v) is 3.51. The molecule has 0 atom stereocenters. The molecule has 0 unspecified atom stereocenters. The highest BCUT2D eigenvalue weighted by Gasteiger charge is 2.07. The predicted molar refractivity (Wildman–Crippen MR) is 106 cm³/mol. The van der Waals surface area contributed by atoms with E-state index in [4.69, 9.17) is 0 Å². The lowest BCUT2D eigenvalue weighted by Crippen LogP contribution is -2.22. The summed E-state index contributed by atoms with van der Waals surface area (Å²) in [5.41, 5.74) is 3.82. The topological polar surface area (TPSA) is 59.8 Å². The molecular formula is C21H18N4OS. The van der Waals surface area contributed by atoms with Crippen LogP contribution in [0, 0.1) is 0 Å². The summed E-state index contributed by atoms with van der Waals surface area (Å²) in [5.74, 6) is -0.0919. The van der Waals surface area contributed by atoms with Gasteiger partial charge in [-0.15, -0.1) is 11.3 Å². The molecule has 1 amide bonds. The number of nitrogens with zero attached hydrogens (tertiary/aromatic N) is 3. The number of amides is 1. The van der Waals surface area contributed by atoms with Crippen molar-refractivity contribution in [3.8, 4) is 10.4 Å². The van der Waals surface area contributed by atoms with Crippen molar-refractivity contribution in [1.29, 1.82) is 0 Å². The number of carbonyl (C=O) groups excluding carboxylic acids is 1. The van der Waals surface area contributed by atoms with E-state index < -0.39 is 0 Å². The number of hydrogen-bond acceptors (Lipinski definition) is 4. The first-order valence-corrected chi connectivity index (χ1v) is 9.46. The van der Waals surface area contributed by atoms with Gasteiger partial charge in [-0.1, -0.05) is 18.2 Å². The first kappa shape index (κ1) is 17.2. The van der Waals surface area contributed by atoms with Crippen molar-refractivity contribution in [3.63, 3.8) is 0 Å². The fourth-order valence-electron chi connectivity index (χ4n) is 2.80. The van der Waals surface area contributed by atoms with Crippen molar-refractivity contribution >= 4 is 17.2 Å². The molecule has 3 heterocycles. The van der Waals surface area contributed by atoms with Crippen molar-refractivity contribution in [2.45, 2.75) is 13.1 Å². The van der Waals surface area contributed by atoms with Crippen LogP contribution in [0.25, 0.3) is 10.4 Å². The highest BCUT2D eigenvalue weighted by molar-refractivity contribution is 7.13. The van der Waals surface area contributed by atoms with Crippen LogP contribution in [0.3, 0.4) is 0 Å². The summed E-state index contributed by atoms with van der Waals surface area (Å²) >= 11 is 1.68. The van der Waals surface area contributed by atoms with E-state index in [1.807, 2.05) is 52.7 Å². The Labute approximate surface area is 161 Å². The van der Waals surface area contributed by atoms with Crippen LogP contribution in [0.15, 0.2) is 79.0 Å². The number of rotatable bonds is 6. The first-order chi connectivity index (χ1) is 13.3. The zero-order valence-corrected chi connectivity index (χ0v) is 15.4. The second kappa shape index (κ2) is 7.97. The molecule has 3 aromatic heterocycles. The second-order valence-corrected chi connectivity index (χ2v) is 7.12. The number of hydrogen-bond donors (Lipinski definition) is 1. The minimum absolute atomic E-state index is 0.0919. The van der Waals surface area contributed by atoms with Gasteiger partial charge in [0.2, 0.25) is 0 Å². The molecule has 4 aromatic rings. The summed E-state index contributed by atoms with van der Waals surface area (Å²) in [4.78, 5) is 21.9. The van der Waals surface area contributed by atoms with Gasteiger partial charge in [0, 0.05) is 53.9 Å². The van der Waals surface area contributed by atoms with Crippen LogP contribution in [0.4, 0.5) is 0 Å². The number of imidazole rings is 1.